The topological polar surface area (TPSA) is 113 Å². The van der Waals surface area contributed by atoms with Gasteiger partial charge in [-0.2, -0.15) is 0 Å². The highest BCUT2D eigenvalue weighted by Gasteiger charge is 2.44. The normalized spacial score (nSPS) is 24.7. The summed E-state index contributed by atoms with van der Waals surface area (Å²) in [6.07, 6.45) is 9.72. The predicted octanol–water partition coefficient (Wildman–Crippen LogP) is 4.00. The second-order valence-electron chi connectivity index (χ2n) is 15.5. The number of rotatable bonds is 13. The summed E-state index contributed by atoms with van der Waals surface area (Å²) in [4.78, 5) is 61.9. The van der Waals surface area contributed by atoms with Crippen LogP contribution in [0.4, 0.5) is 0 Å². The lowest BCUT2D eigenvalue weighted by Crippen LogP contribution is -2.65. The molecule has 6 rings (SSSR count). The SMILES string of the molecule is CC(C)C[C@H]1CN([C@@H](Cc2ccc(O)cc2)CN2CCC[C@@H]2CN2C(=O)C(=O)NC[C@@H]2Cc2ccccc2)C(=O)C(=O)N1CC1CCCCC1. The monoisotopic (exact) mass is 685 g/mol. The number of phenols is 1. The van der Waals surface area contributed by atoms with Gasteiger partial charge >= 0.3 is 23.6 Å². The van der Waals surface area contributed by atoms with Gasteiger partial charge in [0.15, 0.2) is 0 Å². The van der Waals surface area contributed by atoms with Crippen molar-refractivity contribution in [2.75, 3.05) is 39.3 Å². The maximum absolute atomic E-state index is 14.1. The number of carbonyl (C=O) groups is 4. The minimum Gasteiger partial charge on any atom is -0.508 e. The van der Waals surface area contributed by atoms with Gasteiger partial charge in [-0.3, -0.25) is 24.1 Å². The minimum absolute atomic E-state index is 0.0234. The van der Waals surface area contributed by atoms with Crippen LogP contribution in [-0.4, -0.2) is 112 Å². The van der Waals surface area contributed by atoms with E-state index in [2.05, 4.69) is 36.2 Å². The number of benzene rings is 2. The Morgan fingerprint density at radius 2 is 1.48 bits per heavy atom. The second-order valence-corrected chi connectivity index (χ2v) is 15.5. The fourth-order valence-electron chi connectivity index (χ4n) is 8.77. The molecule has 4 fully saturated rings. The van der Waals surface area contributed by atoms with E-state index in [9.17, 15) is 24.3 Å². The van der Waals surface area contributed by atoms with Crippen LogP contribution in [0.1, 0.15) is 76.3 Å². The Bertz CT molecular complexity index is 1480. The number of phenolic OH excluding ortho intramolecular Hbond substituents is 1. The molecule has 0 radical (unpaired) electrons. The summed E-state index contributed by atoms with van der Waals surface area (Å²) in [5.74, 6) is -0.847. The molecule has 0 unspecified atom stereocenters. The molecule has 1 saturated carbocycles. The van der Waals surface area contributed by atoms with Crippen LogP contribution in [0.3, 0.4) is 0 Å². The number of amides is 4. The summed E-state index contributed by atoms with van der Waals surface area (Å²) in [7, 11) is 0. The molecule has 2 N–H and O–H groups in total. The third-order valence-electron chi connectivity index (χ3n) is 11.4. The molecule has 2 aromatic carbocycles. The Balaban J connectivity index is 1.23. The van der Waals surface area contributed by atoms with Crippen molar-refractivity contribution < 1.29 is 24.3 Å². The van der Waals surface area contributed by atoms with Crippen LogP contribution >= 0.6 is 0 Å². The van der Waals surface area contributed by atoms with E-state index in [1.165, 1.54) is 19.3 Å². The van der Waals surface area contributed by atoms with Gasteiger partial charge in [0.1, 0.15) is 5.75 Å². The lowest BCUT2D eigenvalue weighted by molar-refractivity contribution is -0.162. The first kappa shape index (κ1) is 35.9. The first-order chi connectivity index (χ1) is 24.2. The van der Waals surface area contributed by atoms with Crippen LogP contribution < -0.4 is 5.32 Å². The Kier molecular flexibility index (Phi) is 11.8. The lowest BCUT2D eigenvalue weighted by atomic mass is 9.87. The van der Waals surface area contributed by atoms with Crippen molar-refractivity contribution in [1.82, 2.24) is 24.9 Å². The molecular formula is C40H55N5O5. The van der Waals surface area contributed by atoms with Gasteiger partial charge in [-0.15, -0.1) is 0 Å². The van der Waals surface area contributed by atoms with E-state index in [0.717, 1.165) is 49.8 Å². The Labute approximate surface area is 297 Å². The number of carbonyl (C=O) groups excluding carboxylic acids is 4. The molecule has 270 valence electrons. The number of hydrogen-bond acceptors (Lipinski definition) is 6. The number of aromatic hydroxyl groups is 1. The average molecular weight is 686 g/mol. The molecule has 4 amide bonds. The van der Waals surface area contributed by atoms with E-state index in [1.807, 2.05) is 40.1 Å². The first-order valence-electron chi connectivity index (χ1n) is 18.9. The van der Waals surface area contributed by atoms with Crippen LogP contribution in [0.2, 0.25) is 0 Å². The van der Waals surface area contributed by atoms with Gasteiger partial charge in [-0.1, -0.05) is 75.6 Å². The third kappa shape index (κ3) is 8.68. The van der Waals surface area contributed by atoms with Crippen molar-refractivity contribution in [3.05, 3.63) is 65.7 Å². The fraction of sp³-hybridized carbons (Fsp3) is 0.600. The Morgan fingerprint density at radius 3 is 2.20 bits per heavy atom. The number of likely N-dealkylation sites (tertiary alicyclic amines) is 1. The van der Waals surface area contributed by atoms with Gasteiger partial charge in [0.2, 0.25) is 0 Å². The maximum atomic E-state index is 14.1. The van der Waals surface area contributed by atoms with Crippen molar-refractivity contribution in [2.24, 2.45) is 11.8 Å². The molecule has 4 atom stereocenters. The molecular weight excluding hydrogens is 630 g/mol. The highest BCUT2D eigenvalue weighted by molar-refractivity contribution is 6.36. The molecule has 1 aliphatic carbocycles. The van der Waals surface area contributed by atoms with Crippen molar-refractivity contribution >= 4 is 23.6 Å². The zero-order chi connectivity index (χ0) is 35.2. The van der Waals surface area contributed by atoms with Crippen LogP contribution in [0.25, 0.3) is 0 Å². The molecule has 0 spiro atoms. The van der Waals surface area contributed by atoms with E-state index >= 15 is 0 Å². The Morgan fingerprint density at radius 1 is 0.760 bits per heavy atom. The molecule has 10 nitrogen and oxygen atoms in total. The van der Waals surface area contributed by atoms with E-state index < -0.39 is 17.7 Å². The van der Waals surface area contributed by atoms with Gasteiger partial charge in [0, 0.05) is 44.8 Å². The molecule has 0 bridgehead atoms. The van der Waals surface area contributed by atoms with E-state index in [-0.39, 0.29) is 35.8 Å². The highest BCUT2D eigenvalue weighted by Crippen LogP contribution is 2.30. The quantitative estimate of drug-likeness (QED) is 0.309. The van der Waals surface area contributed by atoms with Crippen LogP contribution in [0, 0.1) is 11.8 Å². The zero-order valence-electron chi connectivity index (χ0n) is 29.8. The van der Waals surface area contributed by atoms with Gasteiger partial charge in [0.25, 0.3) is 0 Å². The highest BCUT2D eigenvalue weighted by atomic mass is 16.3. The number of nitrogens with one attached hydrogen (secondary N) is 1. The Hall–Kier alpha value is -3.92. The van der Waals surface area contributed by atoms with Gasteiger partial charge < -0.3 is 25.1 Å². The smallest absolute Gasteiger partial charge is 0.312 e. The van der Waals surface area contributed by atoms with Crippen LogP contribution in [0.5, 0.6) is 5.75 Å². The van der Waals surface area contributed by atoms with Crippen LogP contribution in [-0.2, 0) is 32.0 Å². The lowest BCUT2D eigenvalue weighted by Gasteiger charge is -2.46. The third-order valence-corrected chi connectivity index (χ3v) is 11.4. The van der Waals surface area contributed by atoms with Crippen molar-refractivity contribution in [1.29, 1.82) is 0 Å². The second kappa shape index (κ2) is 16.4. The van der Waals surface area contributed by atoms with Crippen molar-refractivity contribution in [3.63, 3.8) is 0 Å². The summed E-state index contributed by atoms with van der Waals surface area (Å²) in [5.41, 5.74) is 2.10. The van der Waals surface area contributed by atoms with Gasteiger partial charge in [-0.05, 0) is 86.6 Å². The van der Waals surface area contributed by atoms with E-state index in [4.69, 9.17) is 0 Å². The summed E-state index contributed by atoms with van der Waals surface area (Å²) in [6.45, 7) is 7.74. The molecule has 3 heterocycles. The molecule has 0 aromatic heterocycles. The molecule has 4 aliphatic rings. The summed E-state index contributed by atoms with van der Waals surface area (Å²) >= 11 is 0. The minimum atomic E-state index is -0.560. The van der Waals surface area contributed by atoms with E-state index in [0.29, 0.717) is 57.4 Å². The largest absolute Gasteiger partial charge is 0.508 e. The standard InChI is InChI=1S/C40H55N5O5/c1-28(2)20-34-27-45(40(50)39(49)43(34)24-31-12-7-4-8-13-31)35(22-30-15-17-36(46)18-16-30)25-42-19-9-14-32(42)26-44-33(23-41-37(47)38(44)48)21-29-10-5-3-6-11-29/h3,5-6,10-11,15-18,28,31-35,46H,4,7-9,12-14,19-27H2,1-2H3,(H,41,47)/t32-,33+,34+,35+/m1/s1. The average Bonchev–Trinajstić information content (AvgIpc) is 3.55. The molecule has 2 aromatic rings. The fourth-order valence-corrected chi connectivity index (χ4v) is 8.77. The number of nitrogens with zero attached hydrogens (tertiary/aromatic N) is 4. The number of hydrogen-bond donors (Lipinski definition) is 2. The first-order valence-corrected chi connectivity index (χ1v) is 18.9. The summed E-state index contributed by atoms with van der Waals surface area (Å²) in [6, 6.07) is 16.7. The van der Waals surface area contributed by atoms with E-state index in [1.54, 1.807) is 17.0 Å². The molecule has 3 saturated heterocycles. The van der Waals surface area contributed by atoms with Crippen molar-refractivity contribution in [3.8, 4) is 5.75 Å². The summed E-state index contributed by atoms with van der Waals surface area (Å²) in [5, 5.41) is 12.8. The van der Waals surface area contributed by atoms with Crippen LogP contribution in [0.15, 0.2) is 54.6 Å². The summed E-state index contributed by atoms with van der Waals surface area (Å²) < 4.78 is 0. The molecule has 50 heavy (non-hydrogen) atoms. The number of piperazine rings is 2. The maximum Gasteiger partial charge on any atom is 0.312 e. The molecule has 3 aliphatic heterocycles. The molecule has 10 heteroatoms. The van der Waals surface area contributed by atoms with Crippen molar-refractivity contribution in [2.45, 2.75) is 102 Å². The predicted molar refractivity (Wildman–Crippen MR) is 192 cm³/mol. The van der Waals surface area contributed by atoms with Gasteiger partial charge in [-0.25, -0.2) is 0 Å². The zero-order valence-corrected chi connectivity index (χ0v) is 29.8. The van der Waals surface area contributed by atoms with Gasteiger partial charge in [0.05, 0.1) is 12.1 Å².